The van der Waals surface area contributed by atoms with E-state index in [0.29, 0.717) is 52.4 Å². The number of aliphatic carboxylic acids is 4. The van der Waals surface area contributed by atoms with Gasteiger partial charge in [0.25, 0.3) is 0 Å². The minimum Gasteiger partial charge on any atom is -0.480 e. The molecule has 1 aliphatic heterocycles. The van der Waals surface area contributed by atoms with Crippen molar-refractivity contribution in [2.24, 2.45) is 0 Å². The molecule has 0 saturated carbocycles. The Morgan fingerprint density at radius 2 is 0.586 bits per heavy atom. The summed E-state index contributed by atoms with van der Waals surface area (Å²) in [6.45, 7) is 1.52. The number of hydrogen-bond acceptors (Lipinski definition) is 8. The number of nitrogens with zero attached hydrogens (tertiary/aromatic N) is 4. The van der Waals surface area contributed by atoms with Crippen molar-refractivity contribution in [2.75, 3.05) is 78.5 Å². The number of hydrogen-bond donors (Lipinski definition) is 4. The van der Waals surface area contributed by atoms with E-state index in [2.05, 4.69) is 0 Å². The Hall–Kier alpha value is -0.942. The topological polar surface area (TPSA) is 162 Å². The molecule has 0 bridgehead atoms. The van der Waals surface area contributed by atoms with Crippen LogP contribution in [0.3, 0.4) is 0 Å². The van der Waals surface area contributed by atoms with Crippen LogP contribution in [-0.2, 0) is 19.2 Å². The minimum absolute atomic E-state index is 0. The molecule has 4 N–H and O–H groups in total. The molecule has 1 aliphatic rings. The summed E-state index contributed by atoms with van der Waals surface area (Å²) in [6, 6.07) is 0. The third kappa shape index (κ3) is 13.8. The summed E-state index contributed by atoms with van der Waals surface area (Å²) in [7, 11) is 0. The van der Waals surface area contributed by atoms with E-state index < -0.39 is 23.9 Å². The zero-order valence-corrected chi connectivity index (χ0v) is 18.7. The summed E-state index contributed by atoms with van der Waals surface area (Å²) in [6.07, 6.45) is 0. The average Bonchev–Trinajstić information content (AvgIpc) is 2.55. The largest absolute Gasteiger partial charge is 3.00 e. The zero-order chi connectivity index (χ0) is 21.1. The third-order valence-electron chi connectivity index (χ3n) is 4.37. The normalized spacial score (nSPS) is 18.8. The molecule has 163 valence electrons. The Bertz CT molecular complexity index is 453. The van der Waals surface area contributed by atoms with Crippen molar-refractivity contribution in [3.8, 4) is 0 Å². The van der Waals surface area contributed by atoms with E-state index in [9.17, 15) is 19.2 Å². The standard InChI is InChI=1S/C16H28N4O8.Sm/c21-13(22)9-17-1-2-18(10-14(23)24)5-6-20(12-16(27)28)8-7-19(4-3-17)11-15(25)26;/h1-12H2,(H,21,22)(H,23,24)(H,25,26)(H,27,28);/q;+3. The van der Waals surface area contributed by atoms with E-state index in [0.717, 1.165) is 0 Å². The fraction of sp³-hybridized carbons (Fsp3) is 0.750. The first-order valence-corrected chi connectivity index (χ1v) is 8.92. The molecule has 1 heterocycles. The maximum Gasteiger partial charge on any atom is 3.00 e. The maximum absolute atomic E-state index is 11.1. The van der Waals surface area contributed by atoms with Crippen LogP contribution in [0.15, 0.2) is 0 Å². The quantitative estimate of drug-likeness (QED) is 0.251. The molecule has 0 aromatic carbocycles. The SMILES string of the molecule is O=C(O)CN1CCN(CC(=O)O)CCN(CC(=O)O)CCN(CC(=O)O)CC1.[Sm+3]. The van der Waals surface area contributed by atoms with Crippen LogP contribution in [-0.4, -0.2) is 142 Å². The first-order valence-electron chi connectivity index (χ1n) is 8.92. The molecule has 0 spiro atoms. The van der Waals surface area contributed by atoms with Gasteiger partial charge in [-0.25, -0.2) is 0 Å². The zero-order valence-electron chi connectivity index (χ0n) is 16.1. The van der Waals surface area contributed by atoms with Gasteiger partial charge in [-0.15, -0.1) is 0 Å². The fourth-order valence-electron chi connectivity index (χ4n) is 2.98. The predicted molar refractivity (Wildman–Crippen MR) is 96.3 cm³/mol. The molecule has 0 aromatic rings. The van der Waals surface area contributed by atoms with Gasteiger partial charge >= 0.3 is 64.3 Å². The minimum atomic E-state index is -1.02. The molecular weight excluding hydrogens is 527 g/mol. The molecule has 13 heteroatoms. The molecular formula is C16H28N4O8Sm+3. The summed E-state index contributed by atoms with van der Waals surface area (Å²) in [5.74, 6) is -4.08. The Morgan fingerprint density at radius 1 is 0.448 bits per heavy atom. The van der Waals surface area contributed by atoms with Crippen molar-refractivity contribution >= 4 is 23.9 Å². The first kappa shape index (κ1) is 28.1. The molecule has 29 heavy (non-hydrogen) atoms. The van der Waals surface area contributed by atoms with Gasteiger partial charge in [0, 0.05) is 52.4 Å². The van der Waals surface area contributed by atoms with E-state index in [1.54, 1.807) is 19.6 Å². The second kappa shape index (κ2) is 14.9. The van der Waals surface area contributed by atoms with Gasteiger partial charge in [-0.05, 0) is 0 Å². The molecule has 1 radical (unpaired) electrons. The Kier molecular flexibility index (Phi) is 14.5. The van der Waals surface area contributed by atoms with Gasteiger partial charge in [0.1, 0.15) is 0 Å². The number of carbonyl (C=O) groups is 4. The van der Waals surface area contributed by atoms with E-state index >= 15 is 0 Å². The fourth-order valence-corrected chi connectivity index (χ4v) is 2.98. The molecule has 0 aromatic heterocycles. The summed E-state index contributed by atoms with van der Waals surface area (Å²) in [5.41, 5.74) is 0. The monoisotopic (exact) mass is 556 g/mol. The number of rotatable bonds is 8. The smallest absolute Gasteiger partial charge is 0.480 e. The van der Waals surface area contributed by atoms with Crippen LogP contribution < -0.4 is 0 Å². The second-order valence-electron chi connectivity index (χ2n) is 6.68. The summed E-state index contributed by atoms with van der Waals surface area (Å²) >= 11 is 0. The van der Waals surface area contributed by atoms with Crippen LogP contribution in [0.4, 0.5) is 0 Å². The van der Waals surface area contributed by atoms with Crippen molar-refractivity contribution in [3.05, 3.63) is 0 Å². The van der Waals surface area contributed by atoms with Gasteiger partial charge in [0.05, 0.1) is 26.2 Å². The van der Waals surface area contributed by atoms with Crippen LogP contribution in [0.2, 0.25) is 0 Å². The Balaban J connectivity index is 0.00000784. The van der Waals surface area contributed by atoms with E-state index in [-0.39, 0.29) is 66.6 Å². The molecule has 0 aliphatic carbocycles. The van der Waals surface area contributed by atoms with Gasteiger partial charge < -0.3 is 20.4 Å². The van der Waals surface area contributed by atoms with Gasteiger partial charge in [-0.2, -0.15) is 0 Å². The summed E-state index contributed by atoms with van der Waals surface area (Å²) in [5, 5.41) is 36.3. The molecule has 1 saturated heterocycles. The van der Waals surface area contributed by atoms with Crippen LogP contribution in [0.5, 0.6) is 0 Å². The number of carboxylic acid groups (broad SMARTS) is 4. The van der Waals surface area contributed by atoms with E-state index in [4.69, 9.17) is 20.4 Å². The summed E-state index contributed by atoms with van der Waals surface area (Å²) in [4.78, 5) is 50.9. The van der Waals surface area contributed by atoms with Crippen LogP contribution >= 0.6 is 0 Å². The third-order valence-corrected chi connectivity index (χ3v) is 4.37. The van der Waals surface area contributed by atoms with Gasteiger partial charge in [0.2, 0.25) is 0 Å². The average molecular weight is 555 g/mol. The molecule has 1 rings (SSSR count). The van der Waals surface area contributed by atoms with Crippen molar-refractivity contribution in [2.45, 2.75) is 0 Å². The van der Waals surface area contributed by atoms with Crippen LogP contribution in [0, 0.1) is 40.4 Å². The van der Waals surface area contributed by atoms with Crippen LogP contribution in [0.1, 0.15) is 0 Å². The van der Waals surface area contributed by atoms with Crippen molar-refractivity contribution in [1.29, 1.82) is 0 Å². The second-order valence-corrected chi connectivity index (χ2v) is 6.68. The molecule has 0 amide bonds. The predicted octanol–water partition coefficient (Wildman–Crippen LogP) is -2.45. The van der Waals surface area contributed by atoms with Gasteiger partial charge in [-0.3, -0.25) is 38.8 Å². The van der Waals surface area contributed by atoms with E-state index in [1.807, 2.05) is 0 Å². The van der Waals surface area contributed by atoms with Crippen molar-refractivity contribution < 1.29 is 80.0 Å². The van der Waals surface area contributed by atoms with Gasteiger partial charge in [0.15, 0.2) is 0 Å². The van der Waals surface area contributed by atoms with Gasteiger partial charge in [-0.1, -0.05) is 0 Å². The first-order chi connectivity index (χ1) is 13.2. The molecule has 12 nitrogen and oxygen atoms in total. The molecule has 0 unspecified atom stereocenters. The Morgan fingerprint density at radius 3 is 0.690 bits per heavy atom. The number of carboxylic acids is 4. The summed E-state index contributed by atoms with van der Waals surface area (Å²) < 4.78 is 0. The van der Waals surface area contributed by atoms with Crippen LogP contribution in [0.25, 0.3) is 0 Å². The maximum atomic E-state index is 11.1. The molecule has 1 fully saturated rings. The van der Waals surface area contributed by atoms with Crippen molar-refractivity contribution in [1.82, 2.24) is 19.6 Å². The molecule has 0 atom stereocenters. The van der Waals surface area contributed by atoms with E-state index in [1.165, 1.54) is 0 Å². The Labute approximate surface area is 201 Å². The van der Waals surface area contributed by atoms with Crippen molar-refractivity contribution in [3.63, 3.8) is 0 Å².